The van der Waals surface area contributed by atoms with Gasteiger partial charge in [0.25, 0.3) is 0 Å². The molecular formula is C19H29Cl4SiTi-. The van der Waals surface area contributed by atoms with Crippen LogP contribution in [0.5, 0.6) is 0 Å². The molecule has 1 aliphatic rings. The number of hydrogen-bond acceptors (Lipinski definition) is 0. The summed E-state index contributed by atoms with van der Waals surface area (Å²) in [4.78, 5) is 0. The third-order valence-corrected chi connectivity index (χ3v) is 6.91. The number of unbranched alkanes of at least 4 members (excludes halogenated alkanes) is 2. The van der Waals surface area contributed by atoms with Crippen LogP contribution in [-0.4, -0.2) is 9.52 Å². The van der Waals surface area contributed by atoms with Gasteiger partial charge < -0.3 is 49.6 Å². The number of halogens is 4. The molecule has 1 aromatic rings. The van der Waals surface area contributed by atoms with Crippen LogP contribution in [0, 0.1) is 0 Å². The summed E-state index contributed by atoms with van der Waals surface area (Å²) in [5.41, 5.74) is 1.55. The molecule has 0 bridgehead atoms. The summed E-state index contributed by atoms with van der Waals surface area (Å²) in [7, 11) is -0.226. The van der Waals surface area contributed by atoms with E-state index in [1.807, 2.05) is 0 Å². The van der Waals surface area contributed by atoms with Crippen LogP contribution in [0.1, 0.15) is 57.9 Å². The molecule has 0 aromatic heterocycles. The maximum Gasteiger partial charge on any atom is 4.00 e. The Kier molecular flexibility index (Phi) is 24.5. The van der Waals surface area contributed by atoms with Crippen LogP contribution in [0.2, 0.25) is 5.04 Å². The first-order valence-corrected chi connectivity index (χ1v) is 9.78. The van der Waals surface area contributed by atoms with E-state index < -0.39 is 0 Å². The zero-order chi connectivity index (χ0) is 14.3. The van der Waals surface area contributed by atoms with E-state index in [1.165, 1.54) is 44.9 Å². The summed E-state index contributed by atoms with van der Waals surface area (Å²) in [5, 5.41) is 2.19. The van der Waals surface area contributed by atoms with E-state index in [1.54, 1.807) is 10.8 Å². The molecule has 1 aliphatic carbocycles. The second-order valence-electron chi connectivity index (χ2n) is 6.37. The molecule has 1 unspecified atom stereocenters. The monoisotopic (exact) mass is 473 g/mol. The molecule has 2 rings (SSSR count). The first-order valence-electron chi connectivity index (χ1n) is 8.37. The molecule has 0 saturated carbocycles. The summed E-state index contributed by atoms with van der Waals surface area (Å²) in [6.45, 7) is 4.57. The fourth-order valence-electron chi connectivity index (χ4n) is 3.35. The molecule has 6 heteroatoms. The van der Waals surface area contributed by atoms with Gasteiger partial charge in [-0.15, -0.1) is 0 Å². The van der Waals surface area contributed by atoms with Crippen molar-refractivity contribution >= 4 is 14.7 Å². The molecule has 0 N–H and O–H groups in total. The molecule has 0 amide bonds. The molecule has 0 nitrogen and oxygen atoms in total. The summed E-state index contributed by atoms with van der Waals surface area (Å²) in [6, 6.07) is 7.25. The average Bonchev–Trinajstić information content (AvgIpc) is 2.88. The minimum Gasteiger partial charge on any atom is -1.00 e. The van der Waals surface area contributed by atoms with Gasteiger partial charge in [-0.25, -0.2) is 6.07 Å². The summed E-state index contributed by atoms with van der Waals surface area (Å²) >= 11 is 0. The SMILES string of the molecule is CCCCCC1([SiH2][c-]2ccc(CCC)c2)C=CC=CC1.[Cl-].[Cl-].[Cl-].[Cl-].[Ti+4]. The molecule has 0 heterocycles. The fraction of sp³-hybridized carbons (Fsp3) is 0.526. The first kappa shape index (κ1) is 33.5. The van der Waals surface area contributed by atoms with Crippen LogP contribution in [0.25, 0.3) is 0 Å². The number of aryl methyl sites for hydroxylation is 1. The Morgan fingerprint density at radius 2 is 1.76 bits per heavy atom. The van der Waals surface area contributed by atoms with Gasteiger partial charge in [0.2, 0.25) is 0 Å². The molecule has 0 spiro atoms. The van der Waals surface area contributed by atoms with Crippen molar-refractivity contribution in [3.05, 3.63) is 48.1 Å². The predicted octanol–water partition coefficient (Wildman–Crippen LogP) is -7.58. The van der Waals surface area contributed by atoms with Crippen LogP contribution in [0.3, 0.4) is 0 Å². The van der Waals surface area contributed by atoms with E-state index >= 15 is 0 Å². The molecule has 0 fully saturated rings. The predicted molar refractivity (Wildman–Crippen MR) is 93.9 cm³/mol. The van der Waals surface area contributed by atoms with E-state index in [2.05, 4.69) is 56.4 Å². The van der Waals surface area contributed by atoms with Gasteiger partial charge in [-0.05, 0) is 17.9 Å². The van der Waals surface area contributed by atoms with E-state index in [-0.39, 0.29) is 80.9 Å². The maximum absolute atomic E-state index is 2.53. The van der Waals surface area contributed by atoms with Gasteiger partial charge in [-0.1, -0.05) is 70.3 Å². The molecule has 0 aliphatic heterocycles. The van der Waals surface area contributed by atoms with Crippen LogP contribution >= 0.6 is 0 Å². The van der Waals surface area contributed by atoms with Gasteiger partial charge in [-0.2, -0.15) is 22.9 Å². The van der Waals surface area contributed by atoms with Crippen LogP contribution in [0.15, 0.2) is 42.5 Å². The quantitative estimate of drug-likeness (QED) is 0.199. The van der Waals surface area contributed by atoms with Gasteiger partial charge >= 0.3 is 21.7 Å². The molecule has 0 radical (unpaired) electrons. The van der Waals surface area contributed by atoms with E-state index in [4.69, 9.17) is 0 Å². The molecule has 0 saturated heterocycles. The zero-order valence-electron chi connectivity index (χ0n) is 15.2. The average molecular weight is 475 g/mol. The van der Waals surface area contributed by atoms with Gasteiger partial charge in [0, 0.05) is 9.52 Å². The Balaban J connectivity index is -0.000000441. The summed E-state index contributed by atoms with van der Waals surface area (Å²) in [6.07, 6.45) is 18.7. The van der Waals surface area contributed by atoms with Crippen molar-refractivity contribution in [2.75, 3.05) is 0 Å². The third kappa shape index (κ3) is 11.4. The Morgan fingerprint density at radius 1 is 1.04 bits per heavy atom. The molecule has 1 aromatic carbocycles. The van der Waals surface area contributed by atoms with Crippen molar-refractivity contribution in [1.82, 2.24) is 0 Å². The van der Waals surface area contributed by atoms with Crippen molar-refractivity contribution in [2.24, 2.45) is 0 Å². The minimum atomic E-state index is -0.226. The Hall–Kier alpha value is 0.921. The first-order chi connectivity index (χ1) is 9.78. The van der Waals surface area contributed by atoms with Crippen LogP contribution in [-0.2, 0) is 28.1 Å². The second kappa shape index (κ2) is 18.3. The molecule has 25 heavy (non-hydrogen) atoms. The third-order valence-electron chi connectivity index (χ3n) is 4.48. The van der Waals surface area contributed by atoms with Gasteiger partial charge in [0.15, 0.2) is 0 Å². The van der Waals surface area contributed by atoms with Crippen LogP contribution in [0.4, 0.5) is 0 Å². The standard InChI is InChI=1S/C19H29Si.4ClH.Ti/c1-3-5-7-13-19(14-8-6-9-15-19)20-18-12-11-17(16-18)10-4-2;;;;;/h6,8-9,11-12,14,16H,3-5,7,10,13,15,20H2,1-2H3;4*1H;/q-1;;;;;+4/p-4. The van der Waals surface area contributed by atoms with Crippen molar-refractivity contribution in [1.29, 1.82) is 0 Å². The van der Waals surface area contributed by atoms with E-state index in [0.29, 0.717) is 5.04 Å². The Bertz CT molecular complexity index is 474. The minimum absolute atomic E-state index is 0. The second-order valence-corrected chi connectivity index (χ2v) is 8.94. The topological polar surface area (TPSA) is 0 Å². The van der Waals surface area contributed by atoms with Gasteiger partial charge in [0.1, 0.15) is 0 Å². The summed E-state index contributed by atoms with van der Waals surface area (Å²) < 4.78 is 0. The fourth-order valence-corrected chi connectivity index (χ4v) is 5.75. The normalized spacial score (nSPS) is 17.7. The Morgan fingerprint density at radius 3 is 2.32 bits per heavy atom. The maximum atomic E-state index is 2.53. The van der Waals surface area contributed by atoms with Gasteiger partial charge in [0.05, 0.1) is 0 Å². The smallest absolute Gasteiger partial charge is 1.00 e. The van der Waals surface area contributed by atoms with Gasteiger partial charge in [-0.3, -0.25) is 0 Å². The number of rotatable bonds is 8. The Labute approximate surface area is 196 Å². The van der Waals surface area contributed by atoms with Crippen molar-refractivity contribution in [2.45, 2.75) is 63.8 Å². The number of allylic oxidation sites excluding steroid dienone is 4. The van der Waals surface area contributed by atoms with E-state index in [0.717, 1.165) is 0 Å². The zero-order valence-corrected chi connectivity index (χ0v) is 21.2. The van der Waals surface area contributed by atoms with E-state index in [9.17, 15) is 0 Å². The molecular weight excluding hydrogens is 446 g/mol. The largest absolute Gasteiger partial charge is 4.00 e. The van der Waals surface area contributed by atoms with Crippen molar-refractivity contribution < 1.29 is 71.3 Å². The van der Waals surface area contributed by atoms with Crippen molar-refractivity contribution in [3.8, 4) is 0 Å². The molecule has 1 atom stereocenters. The number of hydrogen-bond donors (Lipinski definition) is 0. The summed E-state index contributed by atoms with van der Waals surface area (Å²) in [5.74, 6) is 0. The van der Waals surface area contributed by atoms with Crippen LogP contribution < -0.4 is 54.8 Å². The molecule has 142 valence electrons. The van der Waals surface area contributed by atoms with Crippen molar-refractivity contribution in [3.63, 3.8) is 0 Å².